The molecule has 0 aliphatic heterocycles. The van der Waals surface area contributed by atoms with Gasteiger partial charge in [0.05, 0.1) is 12.1 Å². The number of benzene rings is 2. The van der Waals surface area contributed by atoms with Crippen LogP contribution in [0.1, 0.15) is 36.1 Å². The van der Waals surface area contributed by atoms with Crippen molar-refractivity contribution in [1.29, 1.82) is 0 Å². The molecule has 0 heterocycles. The van der Waals surface area contributed by atoms with E-state index < -0.39 is 18.0 Å². The molecule has 0 fully saturated rings. The highest BCUT2D eigenvalue weighted by atomic mass is 31.0. The standard InChI is InChI=1S/C24H28N3O3P/c1-3-30-16-20-10-8-18(9-11-20)6-4-5-7-19-12-14-21(15-13-19)24(31)26-22(17(2)25)23(28)27-29/h5,7-15,17,22,29H,3,16,25,31H2,1-2H3,(H,27,28)/b7-5+,26-24?/t17-,22+/m1/s1. The second-order valence-corrected chi connectivity index (χ2v) is 7.40. The van der Waals surface area contributed by atoms with Crippen molar-refractivity contribution in [3.8, 4) is 11.8 Å². The molecule has 0 aromatic heterocycles. The molecule has 0 aliphatic carbocycles. The maximum Gasteiger partial charge on any atom is 0.269 e. The van der Waals surface area contributed by atoms with Crippen LogP contribution in [0.3, 0.4) is 0 Å². The third kappa shape index (κ3) is 8.09. The zero-order valence-corrected chi connectivity index (χ0v) is 18.9. The fourth-order valence-electron chi connectivity index (χ4n) is 2.64. The Bertz CT molecular complexity index is 972. The van der Waals surface area contributed by atoms with Crippen LogP contribution in [0.5, 0.6) is 0 Å². The van der Waals surface area contributed by atoms with Gasteiger partial charge in [-0.25, -0.2) is 5.48 Å². The predicted molar refractivity (Wildman–Crippen MR) is 128 cm³/mol. The Morgan fingerprint density at radius 1 is 1.26 bits per heavy atom. The number of carbonyl (C=O) groups is 1. The molecule has 0 spiro atoms. The lowest BCUT2D eigenvalue weighted by Crippen LogP contribution is -2.43. The lowest BCUT2D eigenvalue weighted by atomic mass is 10.1. The number of aliphatic imine (C=N–C) groups is 1. The van der Waals surface area contributed by atoms with Gasteiger partial charge in [-0.15, -0.1) is 0 Å². The van der Waals surface area contributed by atoms with Crippen LogP contribution >= 0.6 is 9.24 Å². The fraction of sp³-hybridized carbons (Fsp3) is 0.250. The number of hydrogen-bond donors (Lipinski definition) is 3. The molecule has 0 bridgehead atoms. The van der Waals surface area contributed by atoms with Gasteiger partial charge in [0, 0.05) is 18.2 Å². The Hall–Kier alpha value is -2.81. The molecule has 3 atom stereocenters. The monoisotopic (exact) mass is 437 g/mol. The van der Waals surface area contributed by atoms with Crippen molar-refractivity contribution in [2.24, 2.45) is 10.7 Å². The normalized spacial score (nSPS) is 13.4. The van der Waals surface area contributed by atoms with E-state index in [1.807, 2.05) is 61.5 Å². The van der Waals surface area contributed by atoms with E-state index in [0.29, 0.717) is 18.7 Å². The SMILES string of the molecule is CCOCc1ccc(C#C/C=C/c2ccc(C(P)=N[C@H](C(=O)NO)[C@@H](C)N)cc2)cc1. The number of rotatable bonds is 8. The van der Waals surface area contributed by atoms with Crippen LogP contribution in [-0.2, 0) is 16.1 Å². The topological polar surface area (TPSA) is 96.9 Å². The van der Waals surface area contributed by atoms with E-state index in [4.69, 9.17) is 15.7 Å². The van der Waals surface area contributed by atoms with E-state index >= 15 is 0 Å². The minimum atomic E-state index is -0.874. The van der Waals surface area contributed by atoms with E-state index in [2.05, 4.69) is 26.1 Å². The van der Waals surface area contributed by atoms with E-state index in [1.54, 1.807) is 18.5 Å². The van der Waals surface area contributed by atoms with E-state index in [1.165, 1.54) is 0 Å². The molecule has 31 heavy (non-hydrogen) atoms. The lowest BCUT2D eigenvalue weighted by molar-refractivity contribution is -0.130. The van der Waals surface area contributed by atoms with Crippen LogP contribution in [0.15, 0.2) is 59.6 Å². The van der Waals surface area contributed by atoms with Gasteiger partial charge in [0.2, 0.25) is 0 Å². The molecule has 0 saturated heterocycles. The van der Waals surface area contributed by atoms with Gasteiger partial charge in [-0.3, -0.25) is 15.0 Å². The number of allylic oxidation sites excluding steroid dienone is 1. The number of carbonyl (C=O) groups excluding carboxylic acids is 1. The molecule has 0 aliphatic rings. The maximum atomic E-state index is 11.7. The minimum Gasteiger partial charge on any atom is -0.377 e. The van der Waals surface area contributed by atoms with Crippen molar-refractivity contribution in [2.75, 3.05) is 6.61 Å². The van der Waals surface area contributed by atoms with Crippen molar-refractivity contribution >= 4 is 26.7 Å². The van der Waals surface area contributed by atoms with Gasteiger partial charge < -0.3 is 10.5 Å². The molecule has 162 valence electrons. The summed E-state index contributed by atoms with van der Waals surface area (Å²) in [5.41, 5.74) is 11.9. The molecular formula is C24H28N3O3P. The molecule has 4 N–H and O–H groups in total. The van der Waals surface area contributed by atoms with Crippen LogP contribution in [0, 0.1) is 11.8 Å². The van der Waals surface area contributed by atoms with Crippen molar-refractivity contribution in [3.05, 3.63) is 76.9 Å². The quantitative estimate of drug-likeness (QED) is 0.194. The summed E-state index contributed by atoms with van der Waals surface area (Å²) in [5.74, 6) is 5.50. The average molecular weight is 437 g/mol. The Labute approximate surface area is 185 Å². The highest BCUT2D eigenvalue weighted by Crippen LogP contribution is 2.13. The van der Waals surface area contributed by atoms with E-state index in [-0.39, 0.29) is 0 Å². The average Bonchev–Trinajstić information content (AvgIpc) is 2.79. The Balaban J connectivity index is 2.01. The van der Waals surface area contributed by atoms with E-state index in [9.17, 15) is 4.79 Å². The van der Waals surface area contributed by atoms with Crippen LogP contribution in [0.2, 0.25) is 0 Å². The molecule has 2 aromatic carbocycles. The first-order valence-corrected chi connectivity index (χ1v) is 10.5. The summed E-state index contributed by atoms with van der Waals surface area (Å²) in [6.07, 6.45) is 3.72. The zero-order chi connectivity index (χ0) is 22.6. The number of amides is 1. The molecule has 0 saturated carbocycles. The molecule has 1 unspecified atom stereocenters. The Kier molecular flexibility index (Phi) is 10.1. The summed E-state index contributed by atoms with van der Waals surface area (Å²) in [7, 11) is 2.50. The summed E-state index contributed by atoms with van der Waals surface area (Å²) in [5, 5.41) is 8.84. The first-order valence-electron chi connectivity index (χ1n) is 9.92. The lowest BCUT2D eigenvalue weighted by Gasteiger charge is -2.15. The zero-order valence-electron chi connectivity index (χ0n) is 17.7. The van der Waals surface area contributed by atoms with Gasteiger partial charge in [-0.1, -0.05) is 57.5 Å². The summed E-state index contributed by atoms with van der Waals surface area (Å²) >= 11 is 0. The summed E-state index contributed by atoms with van der Waals surface area (Å²) in [6.45, 7) is 4.95. The summed E-state index contributed by atoms with van der Waals surface area (Å²) < 4.78 is 5.39. The highest BCUT2D eigenvalue weighted by molar-refractivity contribution is 7.42. The second kappa shape index (κ2) is 12.8. The van der Waals surface area contributed by atoms with Gasteiger partial charge in [-0.05, 0) is 54.8 Å². The van der Waals surface area contributed by atoms with Crippen LogP contribution in [0.25, 0.3) is 6.08 Å². The first-order chi connectivity index (χ1) is 14.9. The molecule has 2 rings (SSSR count). The molecule has 2 aromatic rings. The molecule has 1 amide bonds. The third-order valence-corrected chi connectivity index (χ3v) is 4.85. The van der Waals surface area contributed by atoms with Gasteiger partial charge in [0.25, 0.3) is 5.91 Å². The van der Waals surface area contributed by atoms with Gasteiger partial charge in [-0.2, -0.15) is 0 Å². The predicted octanol–water partition coefficient (Wildman–Crippen LogP) is 3.13. The molecule has 0 radical (unpaired) electrons. The largest absolute Gasteiger partial charge is 0.377 e. The molecule has 6 nitrogen and oxygen atoms in total. The van der Waals surface area contributed by atoms with Gasteiger partial charge in [0.15, 0.2) is 0 Å². The van der Waals surface area contributed by atoms with Crippen LogP contribution in [0.4, 0.5) is 0 Å². The number of nitrogens with zero attached hydrogens (tertiary/aromatic N) is 1. The third-order valence-electron chi connectivity index (χ3n) is 4.36. The number of ether oxygens (including phenoxy) is 1. The smallest absolute Gasteiger partial charge is 0.269 e. The van der Waals surface area contributed by atoms with Crippen LogP contribution in [-0.4, -0.2) is 35.3 Å². The first kappa shape index (κ1) is 24.5. The molecular weight excluding hydrogens is 409 g/mol. The molecule has 7 heteroatoms. The van der Waals surface area contributed by atoms with Crippen molar-refractivity contribution in [3.63, 3.8) is 0 Å². The second-order valence-electron chi connectivity index (χ2n) is 6.85. The Morgan fingerprint density at radius 3 is 2.52 bits per heavy atom. The highest BCUT2D eigenvalue weighted by Gasteiger charge is 2.21. The number of hydroxylamine groups is 1. The summed E-state index contributed by atoms with van der Waals surface area (Å²) in [4.78, 5) is 16.0. The van der Waals surface area contributed by atoms with E-state index in [0.717, 1.165) is 22.3 Å². The fourth-order valence-corrected chi connectivity index (χ4v) is 2.99. The van der Waals surface area contributed by atoms with Crippen LogP contribution < -0.4 is 11.2 Å². The van der Waals surface area contributed by atoms with Crippen molar-refractivity contribution < 1.29 is 14.7 Å². The maximum absolute atomic E-state index is 11.7. The Morgan fingerprint density at radius 2 is 1.94 bits per heavy atom. The summed E-state index contributed by atoms with van der Waals surface area (Å²) in [6, 6.07) is 14.2. The van der Waals surface area contributed by atoms with Crippen molar-refractivity contribution in [1.82, 2.24) is 5.48 Å². The number of nitrogens with two attached hydrogens (primary N) is 1. The minimum absolute atomic E-state index is 0.538. The van der Waals surface area contributed by atoms with Crippen molar-refractivity contribution in [2.45, 2.75) is 32.5 Å². The number of hydrogen-bond acceptors (Lipinski definition) is 5. The van der Waals surface area contributed by atoms with Gasteiger partial charge >= 0.3 is 0 Å². The van der Waals surface area contributed by atoms with Gasteiger partial charge in [0.1, 0.15) is 6.04 Å². The number of nitrogens with one attached hydrogen (secondary N) is 1.